The van der Waals surface area contributed by atoms with E-state index in [1.165, 1.54) is 0 Å². The molecule has 4 N–H and O–H groups in total. The number of hydrogen-bond acceptors (Lipinski definition) is 3. The van der Waals surface area contributed by atoms with Gasteiger partial charge in [0.2, 0.25) is 5.91 Å². The minimum absolute atomic E-state index is 0.0431. The van der Waals surface area contributed by atoms with Crippen LogP contribution in [0.1, 0.15) is 46.0 Å². The molecule has 0 fully saturated rings. The van der Waals surface area contributed by atoms with Gasteiger partial charge in [-0.25, -0.2) is 0 Å². The van der Waals surface area contributed by atoms with E-state index in [2.05, 4.69) is 5.32 Å². The zero-order valence-electron chi connectivity index (χ0n) is 10.5. The second-order valence-corrected chi connectivity index (χ2v) is 4.47. The van der Waals surface area contributed by atoms with Crippen LogP contribution in [0.15, 0.2) is 0 Å². The summed E-state index contributed by atoms with van der Waals surface area (Å²) < 4.78 is 0. The summed E-state index contributed by atoms with van der Waals surface area (Å²) in [6.07, 6.45) is 4.71. The number of aliphatic hydroxyl groups is 1. The quantitative estimate of drug-likeness (QED) is 0.518. The highest BCUT2D eigenvalue weighted by atomic mass is 16.3. The van der Waals surface area contributed by atoms with E-state index in [1.54, 1.807) is 0 Å². The van der Waals surface area contributed by atoms with Gasteiger partial charge in [0, 0.05) is 19.1 Å². The van der Waals surface area contributed by atoms with Gasteiger partial charge in [-0.3, -0.25) is 4.79 Å². The Hall–Kier alpha value is -0.610. The molecule has 2 unspecified atom stereocenters. The zero-order chi connectivity index (χ0) is 12.4. The molecule has 0 spiro atoms. The summed E-state index contributed by atoms with van der Waals surface area (Å²) in [5, 5.41) is 11.8. The first kappa shape index (κ1) is 15.4. The highest BCUT2D eigenvalue weighted by molar-refractivity contribution is 5.76. The molecule has 0 aliphatic rings. The van der Waals surface area contributed by atoms with Gasteiger partial charge in [0.1, 0.15) is 0 Å². The highest BCUT2D eigenvalue weighted by Gasteiger charge is 2.13. The Kier molecular flexibility index (Phi) is 9.24. The third-order valence-electron chi connectivity index (χ3n) is 2.89. The van der Waals surface area contributed by atoms with E-state index in [9.17, 15) is 4.79 Å². The number of carbonyl (C=O) groups excluding carboxylic acids is 1. The molecule has 0 aliphatic heterocycles. The van der Waals surface area contributed by atoms with Crippen molar-refractivity contribution in [1.82, 2.24) is 5.32 Å². The van der Waals surface area contributed by atoms with Gasteiger partial charge in [-0.05, 0) is 32.2 Å². The molecule has 4 nitrogen and oxygen atoms in total. The summed E-state index contributed by atoms with van der Waals surface area (Å²) in [4.78, 5) is 11.5. The van der Waals surface area contributed by atoms with Crippen LogP contribution in [-0.2, 0) is 4.79 Å². The fourth-order valence-electron chi connectivity index (χ4n) is 1.41. The topological polar surface area (TPSA) is 75.3 Å². The zero-order valence-corrected chi connectivity index (χ0v) is 10.5. The van der Waals surface area contributed by atoms with Gasteiger partial charge in [-0.15, -0.1) is 0 Å². The smallest absolute Gasteiger partial charge is 0.220 e. The van der Waals surface area contributed by atoms with Crippen molar-refractivity contribution in [2.45, 2.75) is 52.0 Å². The Labute approximate surface area is 98.6 Å². The van der Waals surface area contributed by atoms with Crippen LogP contribution in [0.25, 0.3) is 0 Å². The van der Waals surface area contributed by atoms with Crippen molar-refractivity contribution in [3.05, 3.63) is 0 Å². The van der Waals surface area contributed by atoms with Crippen LogP contribution in [0.3, 0.4) is 0 Å². The van der Waals surface area contributed by atoms with Crippen LogP contribution in [0, 0.1) is 5.92 Å². The van der Waals surface area contributed by atoms with Crippen molar-refractivity contribution in [2.75, 3.05) is 13.2 Å². The van der Waals surface area contributed by atoms with E-state index in [4.69, 9.17) is 10.8 Å². The van der Waals surface area contributed by atoms with Gasteiger partial charge >= 0.3 is 0 Å². The van der Waals surface area contributed by atoms with E-state index in [-0.39, 0.29) is 24.5 Å². The van der Waals surface area contributed by atoms with Gasteiger partial charge in [0.25, 0.3) is 0 Å². The van der Waals surface area contributed by atoms with Gasteiger partial charge in [0.05, 0.1) is 0 Å². The van der Waals surface area contributed by atoms with Crippen LogP contribution in [-0.4, -0.2) is 30.2 Å². The lowest BCUT2D eigenvalue weighted by Crippen LogP contribution is -2.38. The molecule has 4 heteroatoms. The van der Waals surface area contributed by atoms with E-state index in [0.29, 0.717) is 6.42 Å². The number of unbranched alkanes of at least 4 members (excludes halogenated alkanes) is 3. The van der Waals surface area contributed by atoms with Crippen LogP contribution in [0.4, 0.5) is 0 Å². The van der Waals surface area contributed by atoms with Crippen LogP contribution in [0.2, 0.25) is 0 Å². The number of aliphatic hydroxyl groups excluding tert-OH is 1. The molecule has 0 aromatic rings. The summed E-state index contributed by atoms with van der Waals surface area (Å²) in [7, 11) is 0. The SMILES string of the molecule is CC(CO)C(C)NC(=O)CCCCCCN. The fraction of sp³-hybridized carbons (Fsp3) is 0.917. The first-order chi connectivity index (χ1) is 7.61. The van der Waals surface area contributed by atoms with Gasteiger partial charge in [-0.2, -0.15) is 0 Å². The summed E-state index contributed by atoms with van der Waals surface area (Å²) >= 11 is 0. The van der Waals surface area contributed by atoms with Crippen molar-refractivity contribution in [1.29, 1.82) is 0 Å². The van der Waals surface area contributed by atoms with Crippen molar-refractivity contribution < 1.29 is 9.90 Å². The van der Waals surface area contributed by atoms with Crippen molar-refractivity contribution in [3.8, 4) is 0 Å². The lowest BCUT2D eigenvalue weighted by Gasteiger charge is -2.19. The summed E-state index contributed by atoms with van der Waals surface area (Å²) in [6, 6.07) is 0.0431. The predicted molar refractivity (Wildman–Crippen MR) is 66.0 cm³/mol. The average Bonchev–Trinajstić information content (AvgIpc) is 2.27. The lowest BCUT2D eigenvalue weighted by molar-refractivity contribution is -0.122. The van der Waals surface area contributed by atoms with Crippen LogP contribution in [0.5, 0.6) is 0 Å². The first-order valence-corrected chi connectivity index (χ1v) is 6.22. The number of carbonyl (C=O) groups is 1. The second-order valence-electron chi connectivity index (χ2n) is 4.47. The van der Waals surface area contributed by atoms with Gasteiger partial charge < -0.3 is 16.2 Å². The molecule has 0 aromatic carbocycles. The largest absolute Gasteiger partial charge is 0.396 e. The Morgan fingerprint density at radius 2 is 1.88 bits per heavy atom. The van der Waals surface area contributed by atoms with Crippen LogP contribution >= 0.6 is 0 Å². The maximum absolute atomic E-state index is 11.5. The average molecular weight is 230 g/mol. The number of amides is 1. The second kappa shape index (κ2) is 9.60. The highest BCUT2D eigenvalue weighted by Crippen LogP contribution is 2.04. The Bertz CT molecular complexity index is 186. The van der Waals surface area contributed by atoms with Crippen molar-refractivity contribution in [2.24, 2.45) is 11.7 Å². The summed E-state index contributed by atoms with van der Waals surface area (Å²) in [5.41, 5.74) is 5.38. The molecule has 0 radical (unpaired) electrons. The Morgan fingerprint density at radius 3 is 2.44 bits per heavy atom. The Morgan fingerprint density at radius 1 is 1.25 bits per heavy atom. The normalized spacial score (nSPS) is 14.5. The summed E-state index contributed by atoms with van der Waals surface area (Å²) in [5.74, 6) is 0.196. The molecule has 96 valence electrons. The number of rotatable bonds is 9. The molecule has 1 amide bonds. The van der Waals surface area contributed by atoms with E-state index < -0.39 is 0 Å². The molecule has 0 heterocycles. The van der Waals surface area contributed by atoms with Crippen molar-refractivity contribution in [3.63, 3.8) is 0 Å². The van der Waals surface area contributed by atoms with Gasteiger partial charge in [-0.1, -0.05) is 19.8 Å². The third kappa shape index (κ3) is 7.65. The van der Waals surface area contributed by atoms with Gasteiger partial charge in [0.15, 0.2) is 0 Å². The lowest BCUT2D eigenvalue weighted by atomic mass is 10.0. The standard InChI is InChI=1S/C12H26N2O2/c1-10(9-15)11(2)14-12(16)7-5-3-4-6-8-13/h10-11,15H,3-9,13H2,1-2H3,(H,14,16). The molecule has 0 saturated heterocycles. The minimum atomic E-state index is 0.0431. The molecular weight excluding hydrogens is 204 g/mol. The molecule has 0 bridgehead atoms. The number of nitrogens with one attached hydrogen (secondary N) is 1. The van der Waals surface area contributed by atoms with Crippen LogP contribution < -0.4 is 11.1 Å². The molecule has 0 rings (SSSR count). The van der Waals surface area contributed by atoms with E-state index >= 15 is 0 Å². The maximum Gasteiger partial charge on any atom is 0.220 e. The first-order valence-electron chi connectivity index (χ1n) is 6.22. The Balaban J connectivity index is 3.51. The molecule has 0 saturated carbocycles. The maximum atomic E-state index is 11.5. The predicted octanol–water partition coefficient (Wildman–Crippen LogP) is 1.03. The minimum Gasteiger partial charge on any atom is -0.396 e. The number of nitrogens with two attached hydrogens (primary N) is 1. The van der Waals surface area contributed by atoms with E-state index in [0.717, 1.165) is 32.2 Å². The number of hydrogen-bond donors (Lipinski definition) is 3. The van der Waals surface area contributed by atoms with Crippen molar-refractivity contribution >= 4 is 5.91 Å². The summed E-state index contributed by atoms with van der Waals surface area (Å²) in [6.45, 7) is 4.69. The monoisotopic (exact) mass is 230 g/mol. The fourth-order valence-corrected chi connectivity index (χ4v) is 1.41. The molecule has 0 aromatic heterocycles. The molecular formula is C12H26N2O2. The third-order valence-corrected chi connectivity index (χ3v) is 2.89. The molecule has 0 aliphatic carbocycles. The van der Waals surface area contributed by atoms with E-state index in [1.807, 2.05) is 13.8 Å². The molecule has 16 heavy (non-hydrogen) atoms. The molecule has 2 atom stereocenters.